The molecule has 0 fully saturated rings. The third-order valence-electron chi connectivity index (χ3n) is 3.24. The molecule has 0 spiro atoms. The zero-order chi connectivity index (χ0) is 16.4. The van der Waals surface area contributed by atoms with Gasteiger partial charge in [-0.2, -0.15) is 9.78 Å². The van der Waals surface area contributed by atoms with Gasteiger partial charge in [-0.3, -0.25) is 4.79 Å². The summed E-state index contributed by atoms with van der Waals surface area (Å²) in [4.78, 5) is 18.4. The molecular formula is C16H13Br2N3OS. The Morgan fingerprint density at radius 2 is 2.13 bits per heavy atom. The summed E-state index contributed by atoms with van der Waals surface area (Å²) in [5, 5.41) is 6.92. The van der Waals surface area contributed by atoms with E-state index in [1.165, 1.54) is 4.68 Å². The summed E-state index contributed by atoms with van der Waals surface area (Å²) >= 11 is 8.38. The molecule has 23 heavy (non-hydrogen) atoms. The molecule has 0 amide bonds. The highest BCUT2D eigenvalue weighted by atomic mass is 79.9. The van der Waals surface area contributed by atoms with Crippen LogP contribution in [-0.4, -0.2) is 15.9 Å². The molecule has 0 atom stereocenters. The second kappa shape index (κ2) is 7.07. The van der Waals surface area contributed by atoms with Crippen LogP contribution in [0.3, 0.4) is 0 Å². The highest BCUT2D eigenvalue weighted by Crippen LogP contribution is 2.19. The second-order valence-corrected chi connectivity index (χ2v) is 7.74. The van der Waals surface area contributed by atoms with E-state index in [1.54, 1.807) is 23.6 Å². The third kappa shape index (κ3) is 3.62. The van der Waals surface area contributed by atoms with Crippen molar-refractivity contribution in [3.8, 4) is 0 Å². The molecule has 118 valence electrons. The largest absolute Gasteiger partial charge is 0.282 e. The van der Waals surface area contributed by atoms with Gasteiger partial charge in [-0.25, -0.2) is 4.98 Å². The molecule has 1 aromatic carbocycles. The number of aryl methyl sites for hydroxylation is 1. The summed E-state index contributed by atoms with van der Waals surface area (Å²) in [6.45, 7) is 2.06. The first-order valence-electron chi connectivity index (χ1n) is 7.08. The molecule has 0 unspecified atom stereocenters. The van der Waals surface area contributed by atoms with Crippen molar-refractivity contribution in [1.82, 2.24) is 9.66 Å². The number of rotatable bonds is 4. The van der Waals surface area contributed by atoms with Crippen molar-refractivity contribution in [2.24, 2.45) is 5.10 Å². The summed E-state index contributed by atoms with van der Waals surface area (Å²) in [7, 11) is 0. The van der Waals surface area contributed by atoms with Crippen molar-refractivity contribution < 1.29 is 0 Å². The Labute approximate surface area is 154 Å². The van der Waals surface area contributed by atoms with Crippen LogP contribution in [0.5, 0.6) is 0 Å². The zero-order valence-electron chi connectivity index (χ0n) is 12.3. The Morgan fingerprint density at radius 3 is 2.83 bits per heavy atom. The summed E-state index contributed by atoms with van der Waals surface area (Å²) in [6, 6.07) is 7.49. The maximum absolute atomic E-state index is 12.8. The first kappa shape index (κ1) is 16.5. The van der Waals surface area contributed by atoms with Gasteiger partial charge in [-0.15, -0.1) is 11.3 Å². The number of hydrogen-bond donors (Lipinski definition) is 0. The normalized spacial score (nSPS) is 11.6. The quantitative estimate of drug-likeness (QED) is 0.530. The van der Waals surface area contributed by atoms with E-state index < -0.39 is 0 Å². The molecular weight excluding hydrogens is 442 g/mol. The maximum atomic E-state index is 12.8. The van der Waals surface area contributed by atoms with Gasteiger partial charge in [-0.1, -0.05) is 22.9 Å². The number of benzene rings is 1. The highest BCUT2D eigenvalue weighted by molar-refractivity contribution is 9.10. The zero-order valence-corrected chi connectivity index (χ0v) is 16.3. The number of halogens is 2. The summed E-state index contributed by atoms with van der Waals surface area (Å²) in [5.74, 6) is 0.680. The number of fused-ring (bicyclic) bond motifs is 1. The van der Waals surface area contributed by atoms with E-state index in [0.717, 1.165) is 20.2 Å². The summed E-state index contributed by atoms with van der Waals surface area (Å²) < 4.78 is 3.27. The monoisotopic (exact) mass is 453 g/mol. The fraction of sp³-hybridized carbons (Fsp3) is 0.188. The van der Waals surface area contributed by atoms with Gasteiger partial charge in [0, 0.05) is 25.6 Å². The van der Waals surface area contributed by atoms with Crippen molar-refractivity contribution in [3.05, 3.63) is 59.6 Å². The molecule has 0 N–H and O–H groups in total. The number of hydrogen-bond acceptors (Lipinski definition) is 4. The van der Waals surface area contributed by atoms with Gasteiger partial charge in [0.2, 0.25) is 0 Å². The molecule has 3 rings (SSSR count). The lowest BCUT2D eigenvalue weighted by Gasteiger charge is -2.08. The van der Waals surface area contributed by atoms with Crippen LogP contribution in [0, 0.1) is 0 Å². The van der Waals surface area contributed by atoms with Gasteiger partial charge in [0.15, 0.2) is 0 Å². The van der Waals surface area contributed by atoms with E-state index in [1.807, 2.05) is 23.6 Å². The Morgan fingerprint density at radius 1 is 1.30 bits per heavy atom. The summed E-state index contributed by atoms with van der Waals surface area (Å²) in [5.41, 5.74) is 0.554. The van der Waals surface area contributed by atoms with E-state index >= 15 is 0 Å². The first-order valence-corrected chi connectivity index (χ1v) is 9.54. The molecule has 3 aromatic rings. The van der Waals surface area contributed by atoms with E-state index in [0.29, 0.717) is 23.1 Å². The molecule has 0 bridgehead atoms. The molecule has 0 aliphatic carbocycles. The lowest BCUT2D eigenvalue weighted by molar-refractivity contribution is 0.704. The predicted molar refractivity (Wildman–Crippen MR) is 103 cm³/mol. The van der Waals surface area contributed by atoms with Crippen molar-refractivity contribution in [3.63, 3.8) is 0 Å². The van der Waals surface area contributed by atoms with Crippen LogP contribution in [0.4, 0.5) is 0 Å². The molecule has 4 nitrogen and oxygen atoms in total. The minimum absolute atomic E-state index is 0.147. The topological polar surface area (TPSA) is 47.2 Å². The second-order valence-electron chi connectivity index (χ2n) is 4.97. The average Bonchev–Trinajstić information content (AvgIpc) is 2.94. The van der Waals surface area contributed by atoms with Crippen LogP contribution < -0.4 is 5.56 Å². The lowest BCUT2D eigenvalue weighted by Crippen LogP contribution is -2.22. The fourth-order valence-corrected chi connectivity index (χ4v) is 3.87. The Hall–Kier alpha value is -1.31. The molecule has 0 saturated heterocycles. The molecule has 0 radical (unpaired) electrons. The smallest absolute Gasteiger partial charge is 0.267 e. The standard InChI is InChI=1S/C16H13Br2N3OS/c1-2-3-15-20-14-5-4-10(17)7-13(14)16(22)21(15)19-8-12-6-11(18)9-23-12/h4-9H,2-3H2,1H3. The van der Waals surface area contributed by atoms with E-state index in [4.69, 9.17) is 0 Å². The van der Waals surface area contributed by atoms with Crippen LogP contribution in [0.1, 0.15) is 24.0 Å². The first-order chi connectivity index (χ1) is 11.1. The summed E-state index contributed by atoms with van der Waals surface area (Å²) in [6.07, 6.45) is 3.29. The molecule has 0 aliphatic heterocycles. The molecule has 0 aliphatic rings. The van der Waals surface area contributed by atoms with Gasteiger partial charge >= 0.3 is 0 Å². The Bertz CT molecular complexity index is 946. The number of aromatic nitrogens is 2. The van der Waals surface area contributed by atoms with Crippen molar-refractivity contribution in [2.75, 3.05) is 0 Å². The van der Waals surface area contributed by atoms with Crippen molar-refractivity contribution in [1.29, 1.82) is 0 Å². The Kier molecular flexibility index (Phi) is 5.08. The van der Waals surface area contributed by atoms with E-state index in [2.05, 4.69) is 48.9 Å². The average molecular weight is 455 g/mol. The predicted octanol–water partition coefficient (Wildman–Crippen LogP) is 4.82. The van der Waals surface area contributed by atoms with Crippen LogP contribution in [0.15, 0.2) is 48.5 Å². The van der Waals surface area contributed by atoms with Gasteiger partial charge in [0.05, 0.1) is 17.1 Å². The van der Waals surface area contributed by atoms with E-state index in [-0.39, 0.29) is 5.56 Å². The van der Waals surface area contributed by atoms with Crippen LogP contribution in [0.25, 0.3) is 10.9 Å². The van der Waals surface area contributed by atoms with Gasteiger partial charge < -0.3 is 0 Å². The van der Waals surface area contributed by atoms with E-state index in [9.17, 15) is 4.79 Å². The maximum Gasteiger partial charge on any atom is 0.282 e. The minimum Gasteiger partial charge on any atom is -0.267 e. The molecule has 2 aromatic heterocycles. The number of nitrogens with zero attached hydrogens (tertiary/aromatic N) is 3. The third-order valence-corrected chi connectivity index (χ3v) is 5.36. The van der Waals surface area contributed by atoms with Gasteiger partial charge in [0.25, 0.3) is 5.56 Å². The van der Waals surface area contributed by atoms with Crippen LogP contribution in [0.2, 0.25) is 0 Å². The molecule has 0 saturated carbocycles. The Balaban J connectivity index is 2.16. The highest BCUT2D eigenvalue weighted by Gasteiger charge is 2.10. The molecule has 7 heteroatoms. The van der Waals surface area contributed by atoms with Crippen molar-refractivity contribution >= 4 is 60.3 Å². The fourth-order valence-electron chi connectivity index (χ4n) is 2.21. The van der Waals surface area contributed by atoms with Gasteiger partial charge in [-0.05, 0) is 46.6 Å². The minimum atomic E-state index is -0.147. The van der Waals surface area contributed by atoms with Crippen LogP contribution >= 0.6 is 43.2 Å². The number of thiophene rings is 1. The lowest BCUT2D eigenvalue weighted by atomic mass is 10.2. The SMILES string of the molecule is CCCc1nc2ccc(Br)cc2c(=O)n1N=Cc1cc(Br)cs1. The van der Waals surface area contributed by atoms with Gasteiger partial charge in [0.1, 0.15) is 5.82 Å². The molecule has 2 heterocycles. The van der Waals surface area contributed by atoms with Crippen molar-refractivity contribution in [2.45, 2.75) is 19.8 Å². The van der Waals surface area contributed by atoms with Crippen LogP contribution in [-0.2, 0) is 6.42 Å².